The molecule has 0 aliphatic rings. The molecule has 0 fully saturated rings. The molecule has 0 amide bonds. The zero-order valence-electron chi connectivity index (χ0n) is 11.4. The topological polar surface area (TPSA) is 26.0 Å². The Morgan fingerprint density at radius 1 is 1.00 bits per heavy atom. The Kier molecular flexibility index (Phi) is 10.5. The van der Waals surface area contributed by atoms with Gasteiger partial charge in [-0.3, -0.25) is 0 Å². The van der Waals surface area contributed by atoms with E-state index in [0.717, 1.165) is 12.1 Å². The molecule has 15 heavy (non-hydrogen) atoms. The van der Waals surface area contributed by atoms with Crippen LogP contribution in [0.2, 0.25) is 0 Å². The number of nitrogen functional groups attached to an aromatic ring is 1. The summed E-state index contributed by atoms with van der Waals surface area (Å²) >= 11 is 0. The van der Waals surface area contributed by atoms with Gasteiger partial charge in [0.05, 0.1) is 0 Å². The molecule has 2 N–H and O–H groups in total. The van der Waals surface area contributed by atoms with Crippen molar-refractivity contribution in [1.82, 2.24) is 0 Å². The Balaban J connectivity index is 0. The standard InChI is InChI=1S/C10H15N.2C2H6/c1-4-9-5-7(2)8(3)10(11)6-9;2*1-2/h5-6H,4,11H2,1-3H3;2*1-2H3. The molecule has 1 rings (SSSR count). The van der Waals surface area contributed by atoms with Gasteiger partial charge in [0.2, 0.25) is 0 Å². The molecule has 88 valence electrons. The second kappa shape index (κ2) is 9.57. The highest BCUT2D eigenvalue weighted by Gasteiger charge is 1.98. The van der Waals surface area contributed by atoms with E-state index in [1.165, 1.54) is 16.7 Å². The first-order chi connectivity index (χ1) is 7.15. The predicted molar refractivity (Wildman–Crippen MR) is 72.4 cm³/mol. The van der Waals surface area contributed by atoms with Gasteiger partial charge in [-0.05, 0) is 43.0 Å². The van der Waals surface area contributed by atoms with Crippen molar-refractivity contribution < 1.29 is 0 Å². The number of hydrogen-bond donors (Lipinski definition) is 1. The molecule has 0 bridgehead atoms. The minimum absolute atomic E-state index is 0.918. The molecule has 1 nitrogen and oxygen atoms in total. The first kappa shape index (κ1) is 16.4. The van der Waals surface area contributed by atoms with Crippen LogP contribution in [-0.4, -0.2) is 0 Å². The number of rotatable bonds is 1. The Hall–Kier alpha value is -0.980. The van der Waals surface area contributed by atoms with Crippen LogP contribution in [0, 0.1) is 13.8 Å². The van der Waals surface area contributed by atoms with Crippen LogP contribution in [0.3, 0.4) is 0 Å². The molecule has 0 saturated carbocycles. The molecular weight excluding hydrogens is 182 g/mol. The van der Waals surface area contributed by atoms with E-state index in [2.05, 4.69) is 32.9 Å². The lowest BCUT2D eigenvalue weighted by Crippen LogP contribution is -1.94. The summed E-state index contributed by atoms with van der Waals surface area (Å²) in [5.74, 6) is 0. The minimum Gasteiger partial charge on any atom is -0.398 e. The van der Waals surface area contributed by atoms with Gasteiger partial charge in [0, 0.05) is 5.69 Å². The van der Waals surface area contributed by atoms with E-state index in [9.17, 15) is 0 Å². The van der Waals surface area contributed by atoms with Crippen LogP contribution in [-0.2, 0) is 6.42 Å². The summed E-state index contributed by atoms with van der Waals surface area (Å²) in [5, 5.41) is 0. The summed E-state index contributed by atoms with van der Waals surface area (Å²) in [5.41, 5.74) is 10.5. The van der Waals surface area contributed by atoms with Crippen LogP contribution in [0.4, 0.5) is 5.69 Å². The molecule has 0 heterocycles. The average Bonchev–Trinajstić information content (AvgIpc) is 2.30. The van der Waals surface area contributed by atoms with Crippen LogP contribution >= 0.6 is 0 Å². The summed E-state index contributed by atoms with van der Waals surface area (Å²) in [6, 6.07) is 4.26. The lowest BCUT2D eigenvalue weighted by atomic mass is 10.0. The molecule has 0 saturated heterocycles. The van der Waals surface area contributed by atoms with E-state index in [1.807, 2.05) is 27.7 Å². The third kappa shape index (κ3) is 5.46. The SMILES string of the molecule is CC.CC.CCc1cc(C)c(C)c(N)c1. The lowest BCUT2D eigenvalue weighted by Gasteiger charge is -2.06. The average molecular weight is 209 g/mol. The third-order valence-electron chi connectivity index (χ3n) is 2.18. The van der Waals surface area contributed by atoms with Crippen LogP contribution in [0.5, 0.6) is 0 Å². The molecule has 0 atom stereocenters. The monoisotopic (exact) mass is 209 g/mol. The molecule has 1 aromatic carbocycles. The summed E-state index contributed by atoms with van der Waals surface area (Å²) in [7, 11) is 0. The van der Waals surface area contributed by atoms with Crippen molar-refractivity contribution in [2.45, 2.75) is 54.9 Å². The van der Waals surface area contributed by atoms with Crippen molar-refractivity contribution in [3.63, 3.8) is 0 Å². The fourth-order valence-corrected chi connectivity index (χ4v) is 1.17. The van der Waals surface area contributed by atoms with Crippen LogP contribution < -0.4 is 5.73 Å². The quantitative estimate of drug-likeness (QED) is 0.677. The highest BCUT2D eigenvalue weighted by molar-refractivity contribution is 5.52. The maximum atomic E-state index is 5.80. The number of anilines is 1. The molecule has 0 aliphatic carbocycles. The second-order valence-electron chi connectivity index (χ2n) is 2.98. The highest BCUT2D eigenvalue weighted by atomic mass is 14.6. The van der Waals surface area contributed by atoms with Crippen molar-refractivity contribution in [2.24, 2.45) is 0 Å². The summed E-state index contributed by atoms with van der Waals surface area (Å²) in [4.78, 5) is 0. The highest BCUT2D eigenvalue weighted by Crippen LogP contribution is 2.18. The van der Waals surface area contributed by atoms with Gasteiger partial charge >= 0.3 is 0 Å². The summed E-state index contributed by atoms with van der Waals surface area (Å²) in [6.45, 7) is 14.3. The number of aryl methyl sites for hydroxylation is 2. The normalized spacial score (nSPS) is 8.20. The fraction of sp³-hybridized carbons (Fsp3) is 0.571. The van der Waals surface area contributed by atoms with E-state index in [0.29, 0.717) is 0 Å². The van der Waals surface area contributed by atoms with Crippen LogP contribution in [0.1, 0.15) is 51.3 Å². The number of hydrogen-bond acceptors (Lipinski definition) is 1. The van der Waals surface area contributed by atoms with Crippen molar-refractivity contribution in [2.75, 3.05) is 5.73 Å². The van der Waals surface area contributed by atoms with Gasteiger partial charge in [0.1, 0.15) is 0 Å². The van der Waals surface area contributed by atoms with Gasteiger partial charge in [-0.2, -0.15) is 0 Å². The first-order valence-electron chi connectivity index (χ1n) is 6.00. The van der Waals surface area contributed by atoms with E-state index in [1.54, 1.807) is 0 Å². The van der Waals surface area contributed by atoms with Gasteiger partial charge in [0.15, 0.2) is 0 Å². The van der Waals surface area contributed by atoms with E-state index in [4.69, 9.17) is 5.73 Å². The molecule has 1 heteroatoms. The summed E-state index contributed by atoms with van der Waals surface area (Å²) < 4.78 is 0. The van der Waals surface area contributed by atoms with Crippen molar-refractivity contribution in [1.29, 1.82) is 0 Å². The van der Waals surface area contributed by atoms with E-state index >= 15 is 0 Å². The summed E-state index contributed by atoms with van der Waals surface area (Å²) in [6.07, 6.45) is 1.06. The van der Waals surface area contributed by atoms with Gasteiger partial charge in [-0.15, -0.1) is 0 Å². The van der Waals surface area contributed by atoms with Gasteiger partial charge in [-0.1, -0.05) is 40.7 Å². The van der Waals surface area contributed by atoms with Crippen molar-refractivity contribution >= 4 is 5.69 Å². The molecular formula is C14H27N. The maximum absolute atomic E-state index is 5.80. The van der Waals surface area contributed by atoms with Crippen LogP contribution in [0.15, 0.2) is 12.1 Å². The van der Waals surface area contributed by atoms with E-state index in [-0.39, 0.29) is 0 Å². The Bertz CT molecular complexity index is 241. The molecule has 0 radical (unpaired) electrons. The molecule has 1 aromatic rings. The molecule has 0 aliphatic heterocycles. The zero-order chi connectivity index (χ0) is 12.4. The molecule has 0 unspecified atom stereocenters. The Morgan fingerprint density at radius 3 is 1.80 bits per heavy atom. The smallest absolute Gasteiger partial charge is 0.0349 e. The predicted octanol–water partition coefficient (Wildman–Crippen LogP) is 4.50. The van der Waals surface area contributed by atoms with Gasteiger partial charge in [-0.25, -0.2) is 0 Å². The zero-order valence-corrected chi connectivity index (χ0v) is 11.4. The Morgan fingerprint density at radius 2 is 1.47 bits per heavy atom. The Labute approximate surface area is 95.7 Å². The maximum Gasteiger partial charge on any atom is 0.0349 e. The van der Waals surface area contributed by atoms with Crippen molar-refractivity contribution in [3.05, 3.63) is 28.8 Å². The van der Waals surface area contributed by atoms with Gasteiger partial charge in [0.25, 0.3) is 0 Å². The number of nitrogens with two attached hydrogens (primary N) is 1. The molecule has 0 aromatic heterocycles. The third-order valence-corrected chi connectivity index (χ3v) is 2.18. The fourth-order valence-electron chi connectivity index (χ4n) is 1.17. The number of benzene rings is 1. The largest absolute Gasteiger partial charge is 0.398 e. The minimum atomic E-state index is 0.918. The van der Waals surface area contributed by atoms with E-state index < -0.39 is 0 Å². The van der Waals surface area contributed by atoms with Crippen molar-refractivity contribution in [3.8, 4) is 0 Å². The van der Waals surface area contributed by atoms with Gasteiger partial charge < -0.3 is 5.73 Å². The molecule has 0 spiro atoms. The van der Waals surface area contributed by atoms with Crippen LogP contribution in [0.25, 0.3) is 0 Å². The second-order valence-corrected chi connectivity index (χ2v) is 2.98. The lowest BCUT2D eigenvalue weighted by molar-refractivity contribution is 1.12. The first-order valence-corrected chi connectivity index (χ1v) is 6.00.